The number of unbranched alkanes of at least 4 members (excludes halogenated alkanes) is 1. The molecule has 0 spiro atoms. The van der Waals surface area contributed by atoms with Crippen molar-refractivity contribution in [1.29, 1.82) is 0 Å². The lowest BCUT2D eigenvalue weighted by molar-refractivity contribution is 0.278. The minimum Gasteiger partial charge on any atom is -0.320 e. The molecule has 0 saturated heterocycles. The van der Waals surface area contributed by atoms with Crippen LogP contribution in [0.15, 0.2) is 0 Å². The fourth-order valence-corrected chi connectivity index (χ4v) is 1.17. The first kappa shape index (κ1) is 12.9. The number of nitrogens with one attached hydrogen (secondary N) is 1. The SMILES string of the molecule is CNCCCCN(C)CCN(C)C. The second-order valence-corrected chi connectivity index (χ2v) is 3.92. The highest BCUT2D eigenvalue weighted by molar-refractivity contribution is 4.54. The summed E-state index contributed by atoms with van der Waals surface area (Å²) in [4.78, 5) is 4.62. The van der Waals surface area contributed by atoms with Crippen LogP contribution in [0.5, 0.6) is 0 Å². The Kier molecular flexibility index (Phi) is 8.40. The van der Waals surface area contributed by atoms with Gasteiger partial charge in [0.05, 0.1) is 0 Å². The molecule has 1 N–H and O–H groups in total. The van der Waals surface area contributed by atoms with Crippen molar-refractivity contribution in [2.24, 2.45) is 0 Å². The van der Waals surface area contributed by atoms with Crippen molar-refractivity contribution < 1.29 is 0 Å². The minimum atomic E-state index is 1.14. The number of hydrogen-bond donors (Lipinski definition) is 1. The fraction of sp³-hybridized carbons (Fsp3) is 1.00. The molecule has 0 amide bonds. The maximum absolute atomic E-state index is 3.16. The molecular weight excluding hydrogens is 162 g/mol. The molecule has 0 aliphatic carbocycles. The molecule has 80 valence electrons. The Morgan fingerprint density at radius 2 is 1.62 bits per heavy atom. The van der Waals surface area contributed by atoms with Gasteiger partial charge in [-0.3, -0.25) is 0 Å². The van der Waals surface area contributed by atoms with Gasteiger partial charge in [0.2, 0.25) is 0 Å². The third-order valence-corrected chi connectivity index (χ3v) is 2.15. The first-order chi connectivity index (χ1) is 6.16. The Morgan fingerprint density at radius 1 is 0.923 bits per heavy atom. The molecule has 0 aliphatic rings. The van der Waals surface area contributed by atoms with Gasteiger partial charge in [0, 0.05) is 13.1 Å². The lowest BCUT2D eigenvalue weighted by Crippen LogP contribution is -2.29. The molecule has 3 nitrogen and oxygen atoms in total. The van der Waals surface area contributed by atoms with E-state index in [2.05, 4.69) is 36.3 Å². The molecule has 0 aromatic heterocycles. The van der Waals surface area contributed by atoms with Gasteiger partial charge in [0.15, 0.2) is 0 Å². The van der Waals surface area contributed by atoms with E-state index in [4.69, 9.17) is 0 Å². The van der Waals surface area contributed by atoms with Crippen LogP contribution in [-0.4, -0.2) is 64.2 Å². The van der Waals surface area contributed by atoms with Crippen molar-refractivity contribution in [3.05, 3.63) is 0 Å². The van der Waals surface area contributed by atoms with Crippen LogP contribution in [0.1, 0.15) is 12.8 Å². The van der Waals surface area contributed by atoms with Gasteiger partial charge in [0.1, 0.15) is 0 Å². The number of likely N-dealkylation sites (N-methyl/N-ethyl adjacent to an activating group) is 2. The summed E-state index contributed by atoms with van der Waals surface area (Å²) in [5, 5.41) is 3.16. The van der Waals surface area contributed by atoms with Gasteiger partial charge < -0.3 is 15.1 Å². The summed E-state index contributed by atoms with van der Waals surface area (Å²) in [5.41, 5.74) is 0. The Hall–Kier alpha value is -0.120. The normalized spacial score (nSPS) is 11.5. The zero-order chi connectivity index (χ0) is 10.1. The smallest absolute Gasteiger partial charge is 0.0106 e. The van der Waals surface area contributed by atoms with Crippen LogP contribution < -0.4 is 5.32 Å². The second kappa shape index (κ2) is 8.48. The molecule has 13 heavy (non-hydrogen) atoms. The van der Waals surface area contributed by atoms with Gasteiger partial charge in [-0.1, -0.05) is 0 Å². The second-order valence-electron chi connectivity index (χ2n) is 3.92. The molecule has 0 atom stereocenters. The first-order valence-electron chi connectivity index (χ1n) is 5.14. The highest BCUT2D eigenvalue weighted by Gasteiger charge is 1.98. The third-order valence-electron chi connectivity index (χ3n) is 2.15. The lowest BCUT2D eigenvalue weighted by Gasteiger charge is -2.18. The summed E-state index contributed by atoms with van der Waals surface area (Å²) in [6.07, 6.45) is 2.58. The molecule has 0 radical (unpaired) electrons. The van der Waals surface area contributed by atoms with E-state index in [1.165, 1.54) is 25.9 Å². The summed E-state index contributed by atoms with van der Waals surface area (Å²) in [6, 6.07) is 0. The average Bonchev–Trinajstić information content (AvgIpc) is 2.09. The van der Waals surface area contributed by atoms with Crippen molar-refractivity contribution in [1.82, 2.24) is 15.1 Å². The average molecular weight is 187 g/mol. The van der Waals surface area contributed by atoms with Crippen molar-refractivity contribution in [3.63, 3.8) is 0 Å². The fourth-order valence-electron chi connectivity index (χ4n) is 1.17. The maximum atomic E-state index is 3.16. The summed E-state index contributed by atoms with van der Waals surface area (Å²) < 4.78 is 0. The lowest BCUT2D eigenvalue weighted by atomic mass is 10.3. The van der Waals surface area contributed by atoms with Crippen molar-refractivity contribution >= 4 is 0 Å². The Labute approximate surface area is 83.1 Å². The predicted octanol–water partition coefficient (Wildman–Crippen LogP) is 0.479. The third kappa shape index (κ3) is 9.80. The molecule has 0 aromatic rings. The van der Waals surface area contributed by atoms with Crippen LogP contribution in [-0.2, 0) is 0 Å². The van der Waals surface area contributed by atoms with Gasteiger partial charge >= 0.3 is 0 Å². The molecule has 0 saturated carbocycles. The van der Waals surface area contributed by atoms with Crippen molar-refractivity contribution in [2.45, 2.75) is 12.8 Å². The van der Waals surface area contributed by atoms with Crippen molar-refractivity contribution in [2.75, 3.05) is 54.4 Å². The van der Waals surface area contributed by atoms with E-state index in [1.807, 2.05) is 7.05 Å². The van der Waals surface area contributed by atoms with Gasteiger partial charge in [-0.25, -0.2) is 0 Å². The number of rotatable bonds is 8. The molecule has 0 fully saturated rings. The molecule has 0 rings (SSSR count). The summed E-state index contributed by atoms with van der Waals surface area (Å²) in [6.45, 7) is 4.69. The first-order valence-corrected chi connectivity index (χ1v) is 5.14. The molecule has 0 aliphatic heterocycles. The standard InChI is InChI=1S/C10H25N3/c1-11-7-5-6-8-13(4)10-9-12(2)3/h11H,5-10H2,1-4H3. The maximum Gasteiger partial charge on any atom is 0.0106 e. The molecule has 0 bridgehead atoms. The minimum absolute atomic E-state index is 1.14. The summed E-state index contributed by atoms with van der Waals surface area (Å²) in [7, 11) is 8.45. The Morgan fingerprint density at radius 3 is 2.15 bits per heavy atom. The highest BCUT2D eigenvalue weighted by atomic mass is 15.1. The van der Waals surface area contributed by atoms with Crippen LogP contribution in [0.2, 0.25) is 0 Å². The topological polar surface area (TPSA) is 18.5 Å². The van der Waals surface area contributed by atoms with E-state index < -0.39 is 0 Å². The molecule has 0 heterocycles. The van der Waals surface area contributed by atoms with E-state index in [9.17, 15) is 0 Å². The number of hydrogen-bond acceptors (Lipinski definition) is 3. The van der Waals surface area contributed by atoms with Gasteiger partial charge in [-0.05, 0) is 54.1 Å². The van der Waals surface area contributed by atoms with Crippen LogP contribution >= 0.6 is 0 Å². The molecule has 3 heteroatoms. The quantitative estimate of drug-likeness (QED) is 0.558. The predicted molar refractivity (Wildman–Crippen MR) is 59.2 cm³/mol. The molecular formula is C10H25N3. The highest BCUT2D eigenvalue weighted by Crippen LogP contribution is 1.91. The molecule has 0 unspecified atom stereocenters. The monoisotopic (exact) mass is 187 g/mol. The van der Waals surface area contributed by atoms with E-state index in [1.54, 1.807) is 0 Å². The zero-order valence-corrected chi connectivity index (χ0v) is 9.64. The van der Waals surface area contributed by atoms with Crippen molar-refractivity contribution in [3.8, 4) is 0 Å². The van der Waals surface area contributed by atoms with E-state index >= 15 is 0 Å². The summed E-state index contributed by atoms with van der Waals surface area (Å²) >= 11 is 0. The van der Waals surface area contributed by atoms with Gasteiger partial charge in [-0.2, -0.15) is 0 Å². The van der Waals surface area contributed by atoms with Gasteiger partial charge in [-0.15, -0.1) is 0 Å². The zero-order valence-electron chi connectivity index (χ0n) is 9.64. The Bertz CT molecular complexity index is 104. The van der Waals surface area contributed by atoms with Gasteiger partial charge in [0.25, 0.3) is 0 Å². The summed E-state index contributed by atoms with van der Waals surface area (Å²) in [5.74, 6) is 0. The van der Waals surface area contributed by atoms with Crippen LogP contribution in [0.4, 0.5) is 0 Å². The Balaban J connectivity index is 3.15. The largest absolute Gasteiger partial charge is 0.320 e. The molecule has 0 aromatic carbocycles. The van der Waals surface area contributed by atoms with E-state index in [0.29, 0.717) is 0 Å². The number of nitrogens with zero attached hydrogens (tertiary/aromatic N) is 2. The van der Waals surface area contributed by atoms with E-state index in [0.717, 1.165) is 13.1 Å². The van der Waals surface area contributed by atoms with Crippen LogP contribution in [0.3, 0.4) is 0 Å². The van der Waals surface area contributed by atoms with E-state index in [-0.39, 0.29) is 0 Å². The van der Waals surface area contributed by atoms with Crippen LogP contribution in [0.25, 0.3) is 0 Å². The van der Waals surface area contributed by atoms with Crippen LogP contribution in [0, 0.1) is 0 Å².